The van der Waals surface area contributed by atoms with Gasteiger partial charge in [-0.05, 0) is 39.4 Å². The number of amides is 1. The molecule has 0 saturated carbocycles. The van der Waals surface area contributed by atoms with Crippen LogP contribution >= 0.6 is 11.8 Å². The van der Waals surface area contributed by atoms with Crippen molar-refractivity contribution in [1.82, 2.24) is 14.9 Å². The molecular weight excluding hydrogens is 286 g/mol. The van der Waals surface area contributed by atoms with Crippen molar-refractivity contribution in [2.24, 2.45) is 0 Å². The lowest BCUT2D eigenvalue weighted by Gasteiger charge is -2.19. The maximum atomic E-state index is 11.6. The number of ether oxygens (including phenoxy) is 1. The Balaban J connectivity index is 1.76. The number of imidazole rings is 1. The largest absolute Gasteiger partial charge is 0.444 e. The van der Waals surface area contributed by atoms with Crippen molar-refractivity contribution in [2.75, 3.05) is 12.3 Å². The maximum Gasteiger partial charge on any atom is 0.407 e. The van der Waals surface area contributed by atoms with Crippen molar-refractivity contribution in [3.8, 4) is 0 Å². The van der Waals surface area contributed by atoms with Crippen molar-refractivity contribution in [1.29, 1.82) is 0 Å². The van der Waals surface area contributed by atoms with Crippen LogP contribution in [0.1, 0.15) is 39.3 Å². The van der Waals surface area contributed by atoms with Crippen LogP contribution in [0.2, 0.25) is 0 Å². The summed E-state index contributed by atoms with van der Waals surface area (Å²) in [5.41, 5.74) is 0.713. The number of carbonyl (C=O) groups is 1. The van der Waals surface area contributed by atoms with Gasteiger partial charge in [0.2, 0.25) is 0 Å². The predicted molar refractivity (Wildman–Crippen MR) is 85.6 cm³/mol. The second-order valence-corrected chi connectivity index (χ2v) is 7.76. The summed E-state index contributed by atoms with van der Waals surface area (Å²) >= 11 is 2.05. The van der Waals surface area contributed by atoms with Crippen LogP contribution in [0.5, 0.6) is 0 Å². The van der Waals surface area contributed by atoms with E-state index in [4.69, 9.17) is 4.74 Å². The first kappa shape index (κ1) is 16.2. The summed E-state index contributed by atoms with van der Waals surface area (Å²) in [6, 6.07) is 0. The van der Waals surface area contributed by atoms with Crippen LogP contribution in [-0.2, 0) is 17.7 Å². The van der Waals surface area contributed by atoms with Crippen LogP contribution in [0.3, 0.4) is 0 Å². The molecule has 1 N–H and O–H groups in total. The van der Waals surface area contributed by atoms with E-state index in [1.165, 1.54) is 24.3 Å². The summed E-state index contributed by atoms with van der Waals surface area (Å²) in [6.07, 6.45) is 6.80. The van der Waals surface area contributed by atoms with Crippen LogP contribution in [0.15, 0.2) is 12.5 Å². The van der Waals surface area contributed by atoms with E-state index in [1.807, 2.05) is 45.1 Å². The van der Waals surface area contributed by atoms with Gasteiger partial charge in [-0.25, -0.2) is 9.78 Å². The van der Waals surface area contributed by atoms with Gasteiger partial charge in [0.25, 0.3) is 0 Å². The third kappa shape index (κ3) is 5.61. The minimum Gasteiger partial charge on any atom is -0.444 e. The van der Waals surface area contributed by atoms with Gasteiger partial charge in [0.1, 0.15) is 5.60 Å². The molecule has 1 aliphatic heterocycles. The zero-order valence-corrected chi connectivity index (χ0v) is 13.9. The Hall–Kier alpha value is -1.17. The van der Waals surface area contributed by atoms with Crippen LogP contribution < -0.4 is 5.32 Å². The minimum absolute atomic E-state index is 0.361. The molecule has 1 unspecified atom stereocenters. The highest BCUT2D eigenvalue weighted by Gasteiger charge is 2.18. The lowest BCUT2D eigenvalue weighted by Crippen LogP contribution is -2.33. The van der Waals surface area contributed by atoms with E-state index >= 15 is 0 Å². The summed E-state index contributed by atoms with van der Waals surface area (Å²) in [5, 5.41) is 3.50. The number of nitrogens with one attached hydrogen (secondary N) is 1. The first-order chi connectivity index (χ1) is 9.94. The molecule has 6 heteroatoms. The molecule has 1 aromatic heterocycles. The van der Waals surface area contributed by atoms with Crippen molar-refractivity contribution in [2.45, 2.75) is 57.4 Å². The number of hydrogen-bond donors (Lipinski definition) is 1. The number of aromatic nitrogens is 2. The number of rotatable bonds is 5. The van der Waals surface area contributed by atoms with Gasteiger partial charge in [-0.15, -0.1) is 0 Å². The molecular formula is C15H25N3O2S. The van der Waals surface area contributed by atoms with Crippen LogP contribution in [0.25, 0.3) is 0 Å². The summed E-state index contributed by atoms with van der Waals surface area (Å²) in [5.74, 6) is 1.27. The molecule has 0 bridgehead atoms. The molecule has 0 aliphatic carbocycles. The molecule has 2 rings (SSSR count). The summed E-state index contributed by atoms with van der Waals surface area (Å²) in [7, 11) is 0. The maximum absolute atomic E-state index is 11.6. The van der Waals surface area contributed by atoms with E-state index in [9.17, 15) is 4.79 Å². The third-order valence-corrected chi connectivity index (χ3v) is 4.65. The highest BCUT2D eigenvalue weighted by atomic mass is 32.2. The number of alkyl carbamates (subject to hydrolysis) is 1. The smallest absolute Gasteiger partial charge is 0.407 e. The molecule has 1 amide bonds. The molecule has 2 heterocycles. The lowest BCUT2D eigenvalue weighted by molar-refractivity contribution is 0.0528. The van der Waals surface area contributed by atoms with Gasteiger partial charge in [-0.3, -0.25) is 0 Å². The van der Waals surface area contributed by atoms with Gasteiger partial charge in [0.15, 0.2) is 0 Å². The van der Waals surface area contributed by atoms with Crippen LogP contribution in [-0.4, -0.2) is 38.8 Å². The molecule has 1 fully saturated rings. The zero-order valence-electron chi connectivity index (χ0n) is 13.1. The number of thioether (sulfide) groups is 1. The molecule has 5 nitrogen and oxygen atoms in total. The summed E-state index contributed by atoms with van der Waals surface area (Å²) < 4.78 is 7.43. The highest BCUT2D eigenvalue weighted by Crippen LogP contribution is 2.27. The Morgan fingerprint density at radius 1 is 1.57 bits per heavy atom. The fourth-order valence-electron chi connectivity index (χ4n) is 2.34. The van der Waals surface area contributed by atoms with E-state index in [-0.39, 0.29) is 6.09 Å². The van der Waals surface area contributed by atoms with E-state index in [1.54, 1.807) is 0 Å². The minimum atomic E-state index is -0.453. The fourth-order valence-corrected chi connectivity index (χ4v) is 3.60. The molecule has 21 heavy (non-hydrogen) atoms. The lowest BCUT2D eigenvalue weighted by atomic mass is 10.2. The van der Waals surface area contributed by atoms with Crippen LogP contribution in [0, 0.1) is 0 Å². The van der Waals surface area contributed by atoms with Crippen molar-refractivity contribution >= 4 is 17.9 Å². The van der Waals surface area contributed by atoms with E-state index < -0.39 is 5.60 Å². The van der Waals surface area contributed by atoms with Crippen LogP contribution in [0.4, 0.5) is 4.79 Å². The van der Waals surface area contributed by atoms with Gasteiger partial charge in [0.05, 0.1) is 6.33 Å². The predicted octanol–water partition coefficient (Wildman–Crippen LogP) is 2.85. The van der Waals surface area contributed by atoms with Gasteiger partial charge in [-0.2, -0.15) is 11.8 Å². The van der Waals surface area contributed by atoms with Gasteiger partial charge in [0, 0.05) is 36.7 Å². The zero-order chi connectivity index (χ0) is 15.3. The Kier molecular flexibility index (Phi) is 5.56. The van der Waals surface area contributed by atoms with Gasteiger partial charge < -0.3 is 14.6 Å². The quantitative estimate of drug-likeness (QED) is 0.908. The molecule has 118 valence electrons. The second-order valence-electron chi connectivity index (χ2n) is 6.35. The molecule has 1 aliphatic rings. The molecule has 0 aromatic carbocycles. The Morgan fingerprint density at radius 2 is 2.38 bits per heavy atom. The second kappa shape index (κ2) is 7.20. The Bertz CT molecular complexity index is 462. The Morgan fingerprint density at radius 3 is 3.05 bits per heavy atom. The first-order valence-corrected chi connectivity index (χ1v) is 8.56. The molecule has 1 saturated heterocycles. The van der Waals surface area contributed by atoms with Gasteiger partial charge in [-0.1, -0.05) is 0 Å². The van der Waals surface area contributed by atoms with Crippen molar-refractivity contribution in [3.63, 3.8) is 0 Å². The SMILES string of the molecule is CC(C)(C)OC(=O)NCCc1cncn1CC1CCCS1. The number of nitrogens with zero attached hydrogens (tertiary/aromatic N) is 2. The third-order valence-electron chi connectivity index (χ3n) is 3.27. The standard InChI is InChI=1S/C15H25N3O2S/c1-15(2,3)20-14(19)17-7-6-12-9-16-11-18(12)10-13-5-4-8-21-13/h9,11,13H,4-8,10H2,1-3H3,(H,17,19). The fraction of sp³-hybridized carbons (Fsp3) is 0.733. The normalized spacial score (nSPS) is 18.7. The Labute approximate surface area is 130 Å². The van der Waals surface area contributed by atoms with Crippen molar-refractivity contribution < 1.29 is 9.53 Å². The van der Waals surface area contributed by atoms with Crippen molar-refractivity contribution in [3.05, 3.63) is 18.2 Å². The first-order valence-electron chi connectivity index (χ1n) is 7.51. The average molecular weight is 311 g/mol. The molecule has 1 atom stereocenters. The van der Waals surface area contributed by atoms with E-state index in [0.717, 1.165) is 13.0 Å². The summed E-state index contributed by atoms with van der Waals surface area (Å²) in [6.45, 7) is 7.17. The van der Waals surface area contributed by atoms with E-state index in [0.29, 0.717) is 11.8 Å². The number of carbonyl (C=O) groups excluding carboxylic acids is 1. The molecule has 1 aromatic rings. The highest BCUT2D eigenvalue weighted by molar-refractivity contribution is 8.00. The monoisotopic (exact) mass is 311 g/mol. The average Bonchev–Trinajstić information content (AvgIpc) is 3.00. The molecule has 0 spiro atoms. The van der Waals surface area contributed by atoms with E-state index in [2.05, 4.69) is 14.9 Å². The number of hydrogen-bond acceptors (Lipinski definition) is 4. The molecule has 0 radical (unpaired) electrons. The summed E-state index contributed by atoms with van der Waals surface area (Å²) in [4.78, 5) is 15.8. The van der Waals surface area contributed by atoms with Gasteiger partial charge >= 0.3 is 6.09 Å². The topological polar surface area (TPSA) is 56.1 Å².